The molecule has 0 spiro atoms. The molecule has 2 heteroatoms. The van der Waals surface area contributed by atoms with Crippen molar-refractivity contribution >= 4 is 0 Å². The number of ether oxygens (including phenoxy) is 1. The number of benzene rings is 1. The predicted octanol–water partition coefficient (Wildman–Crippen LogP) is 4.25. The average molecular weight is 253 g/mol. The molecule has 1 aromatic carbocycles. The van der Waals surface area contributed by atoms with Gasteiger partial charge < -0.3 is 10.1 Å². The van der Waals surface area contributed by atoms with E-state index in [1.54, 1.807) is 7.11 Å². The van der Waals surface area contributed by atoms with E-state index in [1.165, 1.54) is 31.4 Å². The maximum atomic E-state index is 4.93. The van der Waals surface area contributed by atoms with Crippen LogP contribution in [-0.4, -0.2) is 19.7 Å². The summed E-state index contributed by atoms with van der Waals surface area (Å²) < 4.78 is 4.93. The van der Waals surface area contributed by atoms with Crippen LogP contribution in [-0.2, 0) is 11.3 Å². The minimum atomic E-state index is 0. The zero-order valence-electron chi connectivity index (χ0n) is 10.4. The van der Waals surface area contributed by atoms with Crippen molar-refractivity contribution in [3.63, 3.8) is 0 Å². The van der Waals surface area contributed by atoms with Crippen LogP contribution in [0.1, 0.15) is 46.6 Å². The number of hydrogen-bond donors (Lipinski definition) is 1. The molecule has 1 aliphatic rings. The Morgan fingerprint density at radius 1 is 1.22 bits per heavy atom. The summed E-state index contributed by atoms with van der Waals surface area (Å²) in [5.41, 5.74) is 1.22. The van der Waals surface area contributed by atoms with Crippen molar-refractivity contribution in [1.29, 1.82) is 0 Å². The highest BCUT2D eigenvalue weighted by Gasteiger charge is 2.09. The van der Waals surface area contributed by atoms with E-state index in [0.717, 1.165) is 6.04 Å². The SMILES string of the molecule is C.C.CCC1CCCN1.COCc1ccccc1. The van der Waals surface area contributed by atoms with E-state index in [2.05, 4.69) is 12.2 Å². The van der Waals surface area contributed by atoms with E-state index in [0.29, 0.717) is 6.61 Å². The summed E-state index contributed by atoms with van der Waals surface area (Å²) in [6, 6.07) is 11.0. The second kappa shape index (κ2) is 12.6. The summed E-state index contributed by atoms with van der Waals surface area (Å²) in [7, 11) is 1.70. The molecule has 106 valence electrons. The largest absolute Gasteiger partial charge is 0.380 e. The quantitative estimate of drug-likeness (QED) is 0.869. The summed E-state index contributed by atoms with van der Waals surface area (Å²) in [5.74, 6) is 0. The standard InChI is InChI=1S/C8H10O.C6H13N.2CH4/c1-9-7-8-5-3-2-4-6-8;1-2-6-4-3-5-7-6;;/h2-6H,7H2,1H3;6-7H,2-5H2,1H3;2*1H4. The molecule has 18 heavy (non-hydrogen) atoms. The van der Waals surface area contributed by atoms with E-state index in [4.69, 9.17) is 4.74 Å². The van der Waals surface area contributed by atoms with Gasteiger partial charge in [0.25, 0.3) is 0 Å². The number of rotatable bonds is 3. The molecule has 0 amide bonds. The molecule has 1 atom stereocenters. The Morgan fingerprint density at radius 3 is 2.28 bits per heavy atom. The molecule has 0 aliphatic carbocycles. The van der Waals surface area contributed by atoms with Crippen LogP contribution in [0.5, 0.6) is 0 Å². The molecule has 1 saturated heterocycles. The Balaban J connectivity index is 0. The van der Waals surface area contributed by atoms with Gasteiger partial charge in [-0.1, -0.05) is 52.1 Å². The second-order valence-corrected chi connectivity index (χ2v) is 4.12. The number of methoxy groups -OCH3 is 1. The van der Waals surface area contributed by atoms with Gasteiger partial charge in [-0.25, -0.2) is 0 Å². The summed E-state index contributed by atoms with van der Waals surface area (Å²) in [4.78, 5) is 0. The highest BCUT2D eigenvalue weighted by Crippen LogP contribution is 2.06. The summed E-state index contributed by atoms with van der Waals surface area (Å²) in [6.45, 7) is 4.20. The summed E-state index contributed by atoms with van der Waals surface area (Å²) in [5, 5.41) is 3.41. The average Bonchev–Trinajstić information content (AvgIpc) is 2.84. The Hall–Kier alpha value is -0.860. The van der Waals surface area contributed by atoms with Crippen LogP contribution < -0.4 is 5.32 Å². The molecule has 2 nitrogen and oxygen atoms in total. The Kier molecular flexibility index (Phi) is 13.6. The van der Waals surface area contributed by atoms with Crippen LogP contribution in [0.3, 0.4) is 0 Å². The van der Waals surface area contributed by atoms with E-state index >= 15 is 0 Å². The third-order valence-corrected chi connectivity index (χ3v) is 2.81. The normalized spacial score (nSPS) is 16.9. The van der Waals surface area contributed by atoms with Gasteiger partial charge in [-0.2, -0.15) is 0 Å². The molecule has 1 heterocycles. The maximum absolute atomic E-state index is 4.93. The fraction of sp³-hybridized carbons (Fsp3) is 0.625. The monoisotopic (exact) mass is 253 g/mol. The molecule has 0 aromatic heterocycles. The molecular weight excluding hydrogens is 222 g/mol. The molecule has 0 saturated carbocycles. The van der Waals surface area contributed by atoms with E-state index in [-0.39, 0.29) is 14.9 Å². The number of hydrogen-bond acceptors (Lipinski definition) is 2. The lowest BCUT2D eigenvalue weighted by molar-refractivity contribution is 0.185. The topological polar surface area (TPSA) is 21.3 Å². The third kappa shape index (κ3) is 8.26. The first-order chi connectivity index (χ1) is 7.86. The van der Waals surface area contributed by atoms with Crippen LogP contribution in [0, 0.1) is 0 Å². The van der Waals surface area contributed by atoms with Gasteiger partial charge >= 0.3 is 0 Å². The summed E-state index contributed by atoms with van der Waals surface area (Å²) in [6.07, 6.45) is 4.09. The molecule has 0 radical (unpaired) electrons. The van der Waals surface area contributed by atoms with Crippen molar-refractivity contribution in [3.05, 3.63) is 35.9 Å². The molecular formula is C16H31NO. The lowest BCUT2D eigenvalue weighted by Crippen LogP contribution is -2.19. The van der Waals surface area contributed by atoms with E-state index in [1.807, 2.05) is 30.3 Å². The van der Waals surface area contributed by atoms with Gasteiger partial charge in [0, 0.05) is 13.2 Å². The van der Waals surface area contributed by atoms with Gasteiger partial charge in [-0.3, -0.25) is 0 Å². The van der Waals surface area contributed by atoms with Gasteiger partial charge in [-0.05, 0) is 31.4 Å². The molecule has 1 unspecified atom stereocenters. The van der Waals surface area contributed by atoms with Crippen LogP contribution in [0.4, 0.5) is 0 Å². The smallest absolute Gasteiger partial charge is 0.0713 e. The van der Waals surface area contributed by atoms with E-state index in [9.17, 15) is 0 Å². The third-order valence-electron chi connectivity index (χ3n) is 2.81. The van der Waals surface area contributed by atoms with Crippen LogP contribution >= 0.6 is 0 Å². The molecule has 1 aliphatic heterocycles. The zero-order valence-corrected chi connectivity index (χ0v) is 10.4. The van der Waals surface area contributed by atoms with Gasteiger partial charge in [0.05, 0.1) is 6.61 Å². The predicted molar refractivity (Wildman–Crippen MR) is 81.9 cm³/mol. The lowest BCUT2D eigenvalue weighted by Gasteiger charge is -2.02. The fourth-order valence-electron chi connectivity index (χ4n) is 1.85. The van der Waals surface area contributed by atoms with Crippen LogP contribution in [0.2, 0.25) is 0 Å². The van der Waals surface area contributed by atoms with Gasteiger partial charge in [0.15, 0.2) is 0 Å². The van der Waals surface area contributed by atoms with Crippen molar-refractivity contribution < 1.29 is 4.74 Å². The van der Waals surface area contributed by atoms with Gasteiger partial charge in [0.2, 0.25) is 0 Å². The van der Waals surface area contributed by atoms with Crippen LogP contribution in [0.25, 0.3) is 0 Å². The second-order valence-electron chi connectivity index (χ2n) is 4.12. The summed E-state index contributed by atoms with van der Waals surface area (Å²) >= 11 is 0. The van der Waals surface area contributed by atoms with Crippen molar-refractivity contribution in [3.8, 4) is 0 Å². The lowest BCUT2D eigenvalue weighted by atomic mass is 10.2. The first-order valence-electron chi connectivity index (χ1n) is 6.13. The molecule has 2 rings (SSSR count). The zero-order chi connectivity index (χ0) is 11.6. The Bertz CT molecular complexity index is 255. The number of nitrogens with one attached hydrogen (secondary N) is 1. The van der Waals surface area contributed by atoms with Gasteiger partial charge in [-0.15, -0.1) is 0 Å². The van der Waals surface area contributed by atoms with Gasteiger partial charge in [0.1, 0.15) is 0 Å². The Labute approximate surface area is 114 Å². The molecule has 1 N–H and O–H groups in total. The minimum absolute atomic E-state index is 0. The van der Waals surface area contributed by atoms with E-state index < -0.39 is 0 Å². The van der Waals surface area contributed by atoms with Crippen molar-refractivity contribution in [2.45, 2.75) is 53.7 Å². The molecule has 1 aromatic rings. The first-order valence-corrected chi connectivity index (χ1v) is 6.13. The molecule has 0 bridgehead atoms. The van der Waals surface area contributed by atoms with Crippen LogP contribution in [0.15, 0.2) is 30.3 Å². The Morgan fingerprint density at radius 2 is 1.89 bits per heavy atom. The van der Waals surface area contributed by atoms with Crippen molar-refractivity contribution in [2.75, 3.05) is 13.7 Å². The minimum Gasteiger partial charge on any atom is -0.380 e. The highest BCUT2D eigenvalue weighted by atomic mass is 16.5. The van der Waals surface area contributed by atoms with Crippen molar-refractivity contribution in [1.82, 2.24) is 5.32 Å². The fourth-order valence-corrected chi connectivity index (χ4v) is 1.85. The highest BCUT2D eigenvalue weighted by molar-refractivity contribution is 5.13. The molecule has 1 fully saturated rings. The maximum Gasteiger partial charge on any atom is 0.0713 e. The van der Waals surface area contributed by atoms with Crippen molar-refractivity contribution in [2.24, 2.45) is 0 Å². The first kappa shape index (κ1) is 19.5.